The SMILES string of the molecule is Cc1cccc(-c2nnc(SC(C)C(=O)NC3CCCC3)n2C)c1. The van der Waals surface area contributed by atoms with Gasteiger partial charge in [-0.15, -0.1) is 10.2 Å². The monoisotopic (exact) mass is 344 g/mol. The van der Waals surface area contributed by atoms with E-state index in [0.717, 1.165) is 29.4 Å². The fourth-order valence-corrected chi connectivity index (χ4v) is 3.88. The van der Waals surface area contributed by atoms with Gasteiger partial charge in [0.05, 0.1) is 5.25 Å². The normalized spacial score (nSPS) is 16.3. The highest BCUT2D eigenvalue weighted by molar-refractivity contribution is 8.00. The van der Waals surface area contributed by atoms with E-state index in [4.69, 9.17) is 0 Å². The Hall–Kier alpha value is -1.82. The Morgan fingerprint density at radius 3 is 2.79 bits per heavy atom. The number of amides is 1. The topological polar surface area (TPSA) is 59.8 Å². The molecule has 24 heavy (non-hydrogen) atoms. The molecule has 1 aliphatic carbocycles. The van der Waals surface area contributed by atoms with Crippen molar-refractivity contribution in [1.82, 2.24) is 20.1 Å². The van der Waals surface area contributed by atoms with E-state index >= 15 is 0 Å². The molecule has 1 saturated carbocycles. The second kappa shape index (κ2) is 7.38. The quantitative estimate of drug-likeness (QED) is 0.845. The third kappa shape index (κ3) is 3.80. The highest BCUT2D eigenvalue weighted by Gasteiger charge is 2.23. The van der Waals surface area contributed by atoms with E-state index in [1.807, 2.05) is 30.7 Å². The minimum atomic E-state index is -0.182. The third-order valence-corrected chi connectivity index (χ3v) is 5.60. The van der Waals surface area contributed by atoms with E-state index in [2.05, 4.69) is 34.6 Å². The number of nitrogens with one attached hydrogen (secondary N) is 1. The summed E-state index contributed by atoms with van der Waals surface area (Å²) in [6, 6.07) is 8.55. The molecule has 0 saturated heterocycles. The molecule has 1 atom stereocenters. The molecule has 1 N–H and O–H groups in total. The lowest BCUT2D eigenvalue weighted by Gasteiger charge is -2.16. The van der Waals surface area contributed by atoms with Gasteiger partial charge in [-0.1, -0.05) is 48.4 Å². The van der Waals surface area contributed by atoms with Crippen LogP contribution < -0.4 is 5.32 Å². The summed E-state index contributed by atoms with van der Waals surface area (Å²) in [4.78, 5) is 12.3. The maximum atomic E-state index is 12.3. The van der Waals surface area contributed by atoms with Crippen LogP contribution in [-0.4, -0.2) is 32.0 Å². The van der Waals surface area contributed by atoms with Crippen molar-refractivity contribution >= 4 is 17.7 Å². The number of carbonyl (C=O) groups is 1. The zero-order valence-corrected chi connectivity index (χ0v) is 15.3. The van der Waals surface area contributed by atoms with Crippen LogP contribution in [0.3, 0.4) is 0 Å². The second-order valence-electron chi connectivity index (χ2n) is 6.48. The average molecular weight is 344 g/mol. The first kappa shape index (κ1) is 17.0. The Kier molecular flexibility index (Phi) is 5.23. The number of hydrogen-bond donors (Lipinski definition) is 1. The lowest BCUT2D eigenvalue weighted by atomic mass is 10.1. The van der Waals surface area contributed by atoms with Gasteiger partial charge in [-0.2, -0.15) is 0 Å². The van der Waals surface area contributed by atoms with Gasteiger partial charge in [0.1, 0.15) is 0 Å². The van der Waals surface area contributed by atoms with Crippen LogP contribution >= 0.6 is 11.8 Å². The van der Waals surface area contributed by atoms with Crippen molar-refractivity contribution in [3.63, 3.8) is 0 Å². The van der Waals surface area contributed by atoms with E-state index in [-0.39, 0.29) is 11.2 Å². The molecule has 1 fully saturated rings. The highest BCUT2D eigenvalue weighted by Crippen LogP contribution is 2.26. The minimum Gasteiger partial charge on any atom is -0.352 e. The summed E-state index contributed by atoms with van der Waals surface area (Å²) in [6.07, 6.45) is 4.64. The predicted molar refractivity (Wildman–Crippen MR) is 96.9 cm³/mol. The van der Waals surface area contributed by atoms with Crippen LogP contribution in [-0.2, 0) is 11.8 Å². The van der Waals surface area contributed by atoms with Crippen molar-refractivity contribution in [2.75, 3.05) is 0 Å². The molecule has 1 aliphatic rings. The number of hydrogen-bond acceptors (Lipinski definition) is 4. The van der Waals surface area contributed by atoms with Crippen LogP contribution in [0.25, 0.3) is 11.4 Å². The zero-order chi connectivity index (χ0) is 17.1. The fourth-order valence-electron chi connectivity index (χ4n) is 3.05. The van der Waals surface area contributed by atoms with E-state index in [0.29, 0.717) is 6.04 Å². The largest absolute Gasteiger partial charge is 0.352 e. The maximum Gasteiger partial charge on any atom is 0.233 e. The Bertz CT molecular complexity index is 722. The summed E-state index contributed by atoms with van der Waals surface area (Å²) in [5.41, 5.74) is 2.23. The summed E-state index contributed by atoms with van der Waals surface area (Å²) >= 11 is 1.46. The number of benzene rings is 1. The second-order valence-corrected chi connectivity index (χ2v) is 7.79. The zero-order valence-electron chi connectivity index (χ0n) is 14.5. The van der Waals surface area contributed by atoms with E-state index in [1.54, 1.807) is 0 Å². The Labute approximate surface area is 147 Å². The first-order chi connectivity index (χ1) is 11.5. The van der Waals surface area contributed by atoms with Crippen molar-refractivity contribution in [3.05, 3.63) is 29.8 Å². The smallest absolute Gasteiger partial charge is 0.233 e. The van der Waals surface area contributed by atoms with Crippen LogP contribution in [0.5, 0.6) is 0 Å². The predicted octanol–water partition coefficient (Wildman–Crippen LogP) is 3.33. The molecule has 1 heterocycles. The van der Waals surface area contributed by atoms with Crippen LogP contribution in [0.15, 0.2) is 29.4 Å². The standard InChI is InChI=1S/C18H24N4OS/c1-12-7-6-8-14(11-12)16-20-21-18(22(16)3)24-13(2)17(23)19-15-9-4-5-10-15/h6-8,11,13,15H,4-5,9-10H2,1-3H3,(H,19,23). The van der Waals surface area contributed by atoms with Gasteiger partial charge in [-0.05, 0) is 32.8 Å². The van der Waals surface area contributed by atoms with Crippen LogP contribution in [0.2, 0.25) is 0 Å². The van der Waals surface area contributed by atoms with Crippen molar-refractivity contribution in [2.45, 2.75) is 56.0 Å². The Balaban J connectivity index is 1.68. The van der Waals surface area contributed by atoms with Gasteiger partial charge in [-0.25, -0.2) is 0 Å². The average Bonchev–Trinajstić information content (AvgIpc) is 3.18. The van der Waals surface area contributed by atoms with E-state index in [9.17, 15) is 4.79 Å². The number of carbonyl (C=O) groups excluding carboxylic acids is 1. The molecule has 2 aromatic rings. The summed E-state index contributed by atoms with van der Waals surface area (Å²) in [6.45, 7) is 3.99. The van der Waals surface area contributed by atoms with E-state index in [1.165, 1.54) is 30.2 Å². The number of aromatic nitrogens is 3. The van der Waals surface area contributed by atoms with Crippen molar-refractivity contribution < 1.29 is 4.79 Å². The van der Waals surface area contributed by atoms with Gasteiger partial charge in [0, 0.05) is 18.7 Å². The van der Waals surface area contributed by atoms with Gasteiger partial charge in [0.25, 0.3) is 0 Å². The lowest BCUT2D eigenvalue weighted by Crippen LogP contribution is -2.37. The highest BCUT2D eigenvalue weighted by atomic mass is 32.2. The molecule has 1 aromatic heterocycles. The third-order valence-electron chi connectivity index (χ3n) is 4.46. The molecule has 3 rings (SSSR count). The molecular weight excluding hydrogens is 320 g/mol. The molecule has 0 spiro atoms. The molecule has 1 unspecified atom stereocenters. The van der Waals surface area contributed by atoms with Gasteiger partial charge in [-0.3, -0.25) is 4.79 Å². The first-order valence-corrected chi connectivity index (χ1v) is 9.36. The van der Waals surface area contributed by atoms with E-state index < -0.39 is 0 Å². The van der Waals surface area contributed by atoms with Gasteiger partial charge in [0.15, 0.2) is 11.0 Å². The molecule has 5 nitrogen and oxygen atoms in total. The van der Waals surface area contributed by atoms with Gasteiger partial charge >= 0.3 is 0 Å². The Morgan fingerprint density at radius 1 is 1.33 bits per heavy atom. The fraction of sp³-hybridized carbons (Fsp3) is 0.500. The van der Waals surface area contributed by atoms with Crippen molar-refractivity contribution in [1.29, 1.82) is 0 Å². The molecule has 0 radical (unpaired) electrons. The molecule has 128 valence electrons. The van der Waals surface area contributed by atoms with Crippen molar-refractivity contribution in [3.8, 4) is 11.4 Å². The van der Waals surface area contributed by atoms with Crippen molar-refractivity contribution in [2.24, 2.45) is 7.05 Å². The molecule has 1 amide bonds. The van der Waals surface area contributed by atoms with Crippen LogP contribution in [0.4, 0.5) is 0 Å². The maximum absolute atomic E-state index is 12.3. The summed E-state index contributed by atoms with van der Waals surface area (Å²) < 4.78 is 1.96. The minimum absolute atomic E-state index is 0.0898. The number of rotatable bonds is 5. The van der Waals surface area contributed by atoms with Crippen LogP contribution in [0.1, 0.15) is 38.2 Å². The molecule has 0 aliphatic heterocycles. The number of aryl methyl sites for hydroxylation is 1. The molecular formula is C18H24N4OS. The summed E-state index contributed by atoms with van der Waals surface area (Å²) in [5, 5.41) is 12.3. The van der Waals surface area contributed by atoms with Gasteiger partial charge in [0.2, 0.25) is 5.91 Å². The number of thioether (sulfide) groups is 1. The summed E-state index contributed by atoms with van der Waals surface area (Å²) in [7, 11) is 1.95. The molecule has 1 aromatic carbocycles. The van der Waals surface area contributed by atoms with Gasteiger partial charge < -0.3 is 9.88 Å². The first-order valence-electron chi connectivity index (χ1n) is 8.48. The Morgan fingerprint density at radius 2 is 2.08 bits per heavy atom. The molecule has 6 heteroatoms. The lowest BCUT2D eigenvalue weighted by molar-refractivity contribution is -0.120. The molecule has 0 bridgehead atoms. The van der Waals surface area contributed by atoms with Crippen LogP contribution in [0, 0.1) is 6.92 Å². The summed E-state index contributed by atoms with van der Waals surface area (Å²) in [5.74, 6) is 0.914. The number of nitrogens with zero attached hydrogens (tertiary/aromatic N) is 3.